The molecule has 0 fully saturated rings. The molecule has 0 saturated heterocycles. The number of anilines is 1. The highest BCUT2D eigenvalue weighted by atomic mass is 127. The lowest BCUT2D eigenvalue weighted by molar-refractivity contribution is -0.140. The van der Waals surface area contributed by atoms with E-state index in [0.717, 1.165) is 27.8 Å². The maximum absolute atomic E-state index is 12.6. The first-order chi connectivity index (χ1) is 13.9. The van der Waals surface area contributed by atoms with Gasteiger partial charge < -0.3 is 16.0 Å². The Morgan fingerprint density at radius 2 is 1.97 bits per heavy atom. The van der Waals surface area contributed by atoms with Gasteiger partial charge in [0.25, 0.3) is 0 Å². The summed E-state index contributed by atoms with van der Waals surface area (Å²) in [7, 11) is 3.43. The number of halogens is 4. The Hall–Kier alpha value is -2.23. The highest BCUT2D eigenvalue weighted by Crippen LogP contribution is 2.30. The number of hydrogen-bond donors (Lipinski definition) is 3. The highest BCUT2D eigenvalue weighted by Gasteiger charge is 2.33. The van der Waals surface area contributed by atoms with Crippen molar-refractivity contribution in [2.24, 2.45) is 12.0 Å². The van der Waals surface area contributed by atoms with Crippen LogP contribution >= 0.6 is 35.3 Å². The van der Waals surface area contributed by atoms with Crippen molar-refractivity contribution in [3.63, 3.8) is 0 Å². The Morgan fingerprint density at radius 3 is 2.67 bits per heavy atom. The molecule has 3 N–H and O–H groups in total. The first-order valence-electron chi connectivity index (χ1n) is 8.71. The normalized spacial score (nSPS) is 12.0. The minimum absolute atomic E-state index is 0. The molecular formula is C16H21F3IN9S. The van der Waals surface area contributed by atoms with Crippen molar-refractivity contribution in [2.45, 2.75) is 12.6 Å². The molecule has 0 aliphatic heterocycles. The zero-order valence-corrected chi connectivity index (χ0v) is 19.3. The summed E-state index contributed by atoms with van der Waals surface area (Å²) in [5.41, 5.74) is -0.109. The molecule has 3 aromatic rings. The molecule has 0 bridgehead atoms. The van der Waals surface area contributed by atoms with Gasteiger partial charge in [-0.15, -0.1) is 35.3 Å². The summed E-state index contributed by atoms with van der Waals surface area (Å²) in [4.78, 5) is 16.1. The van der Waals surface area contributed by atoms with Crippen LogP contribution in [-0.4, -0.2) is 57.4 Å². The van der Waals surface area contributed by atoms with Crippen LogP contribution in [0.5, 0.6) is 0 Å². The molecule has 30 heavy (non-hydrogen) atoms. The number of guanidine groups is 1. The van der Waals surface area contributed by atoms with E-state index in [1.807, 2.05) is 7.05 Å². The van der Waals surface area contributed by atoms with Crippen molar-refractivity contribution < 1.29 is 13.2 Å². The summed E-state index contributed by atoms with van der Waals surface area (Å²) in [6.07, 6.45) is -0.852. The smallest absolute Gasteiger partial charge is 0.368 e. The van der Waals surface area contributed by atoms with E-state index in [9.17, 15) is 13.2 Å². The average molecular weight is 555 g/mol. The van der Waals surface area contributed by atoms with Crippen LogP contribution in [0.15, 0.2) is 22.9 Å². The predicted octanol–water partition coefficient (Wildman–Crippen LogP) is 2.28. The van der Waals surface area contributed by atoms with Gasteiger partial charge in [0.15, 0.2) is 17.3 Å². The molecule has 0 aromatic carbocycles. The molecular weight excluding hydrogens is 534 g/mol. The van der Waals surface area contributed by atoms with Crippen LogP contribution < -0.4 is 16.0 Å². The van der Waals surface area contributed by atoms with E-state index in [4.69, 9.17) is 0 Å². The minimum Gasteiger partial charge on any atom is -0.368 e. The Morgan fingerprint density at radius 1 is 1.20 bits per heavy atom. The van der Waals surface area contributed by atoms with Crippen LogP contribution in [0.2, 0.25) is 0 Å². The van der Waals surface area contributed by atoms with Gasteiger partial charge in [0.2, 0.25) is 0 Å². The number of nitrogens with zero attached hydrogens (tertiary/aromatic N) is 6. The van der Waals surface area contributed by atoms with Crippen LogP contribution in [0.3, 0.4) is 0 Å². The number of alkyl halides is 3. The van der Waals surface area contributed by atoms with Gasteiger partial charge in [-0.05, 0) is 0 Å². The van der Waals surface area contributed by atoms with E-state index in [1.54, 1.807) is 17.9 Å². The summed E-state index contributed by atoms with van der Waals surface area (Å²) in [5, 5.41) is 15.8. The molecule has 0 spiro atoms. The Balaban J connectivity index is 0.00000320. The molecule has 0 amide bonds. The van der Waals surface area contributed by atoms with Crippen LogP contribution in [0.4, 0.5) is 19.0 Å². The number of rotatable bonds is 7. The average Bonchev–Trinajstić information content (AvgIpc) is 3.31. The van der Waals surface area contributed by atoms with Crippen LogP contribution in [0.1, 0.15) is 10.7 Å². The van der Waals surface area contributed by atoms with Gasteiger partial charge in [0.05, 0.1) is 16.6 Å². The van der Waals surface area contributed by atoms with Gasteiger partial charge in [-0.1, -0.05) is 0 Å². The Labute approximate surface area is 191 Å². The molecule has 9 nitrogen and oxygen atoms in total. The van der Waals surface area contributed by atoms with Crippen molar-refractivity contribution in [3.8, 4) is 0 Å². The molecule has 3 heterocycles. The van der Waals surface area contributed by atoms with Gasteiger partial charge in [-0.2, -0.15) is 18.3 Å². The monoisotopic (exact) mass is 555 g/mol. The first kappa shape index (κ1) is 24.0. The fraction of sp³-hybridized carbons (Fsp3) is 0.438. The van der Waals surface area contributed by atoms with Crippen LogP contribution in [0, 0.1) is 0 Å². The lowest BCUT2D eigenvalue weighted by Crippen LogP contribution is -2.40. The van der Waals surface area contributed by atoms with Crippen molar-refractivity contribution in [1.82, 2.24) is 35.4 Å². The van der Waals surface area contributed by atoms with E-state index in [-0.39, 0.29) is 24.0 Å². The number of aromatic nitrogens is 5. The molecule has 0 atom stereocenters. The number of thiazole rings is 1. The lowest BCUT2D eigenvalue weighted by Gasteiger charge is -2.12. The number of aryl methyl sites for hydroxylation is 1. The molecule has 0 radical (unpaired) electrons. The van der Waals surface area contributed by atoms with Gasteiger partial charge in [0, 0.05) is 45.5 Å². The first-order valence-corrected chi connectivity index (χ1v) is 9.59. The van der Waals surface area contributed by atoms with Gasteiger partial charge in [-0.25, -0.2) is 15.0 Å². The number of aliphatic imine (C=N–C) groups is 1. The second-order valence-electron chi connectivity index (χ2n) is 5.95. The van der Waals surface area contributed by atoms with E-state index < -0.39 is 11.9 Å². The molecule has 3 rings (SSSR count). The maximum Gasteiger partial charge on any atom is 0.434 e. The number of hydrogen-bond acceptors (Lipinski definition) is 7. The van der Waals surface area contributed by atoms with Crippen LogP contribution in [-0.2, 0) is 19.6 Å². The molecule has 14 heteroatoms. The summed E-state index contributed by atoms with van der Waals surface area (Å²) in [6.45, 7) is 1.55. The highest BCUT2D eigenvalue weighted by molar-refractivity contribution is 14.0. The van der Waals surface area contributed by atoms with Crippen molar-refractivity contribution >= 4 is 58.1 Å². The summed E-state index contributed by atoms with van der Waals surface area (Å²) in [5.74, 6) is 1.24. The van der Waals surface area contributed by atoms with E-state index in [2.05, 4.69) is 41.0 Å². The maximum atomic E-state index is 12.6. The van der Waals surface area contributed by atoms with Crippen LogP contribution in [0.25, 0.3) is 11.0 Å². The fourth-order valence-corrected chi connectivity index (χ4v) is 3.33. The summed E-state index contributed by atoms with van der Waals surface area (Å²) >= 11 is 0.997. The summed E-state index contributed by atoms with van der Waals surface area (Å²) < 4.78 is 39.4. The Bertz CT molecular complexity index is 986. The largest absolute Gasteiger partial charge is 0.434 e. The van der Waals surface area contributed by atoms with E-state index in [0.29, 0.717) is 42.8 Å². The van der Waals surface area contributed by atoms with E-state index in [1.165, 1.54) is 6.33 Å². The fourth-order valence-electron chi connectivity index (χ4n) is 2.53. The van der Waals surface area contributed by atoms with Gasteiger partial charge in [0.1, 0.15) is 12.1 Å². The lowest BCUT2D eigenvalue weighted by atomic mass is 10.4. The molecule has 3 aromatic heterocycles. The van der Waals surface area contributed by atoms with Gasteiger partial charge >= 0.3 is 6.18 Å². The quantitative estimate of drug-likeness (QED) is 0.178. The third-order valence-corrected chi connectivity index (χ3v) is 4.85. The topological polar surface area (TPSA) is 105 Å². The second-order valence-corrected chi connectivity index (χ2v) is 6.90. The number of nitrogens with one attached hydrogen (secondary N) is 3. The van der Waals surface area contributed by atoms with Crippen molar-refractivity contribution in [1.29, 1.82) is 0 Å². The SMILES string of the molecule is CN=C(NCCNc1ncnc2c1cnn2C)NCCc1nc(C(F)(F)F)cs1.I. The predicted molar refractivity (Wildman–Crippen MR) is 120 cm³/mol. The molecule has 0 aliphatic rings. The second kappa shape index (κ2) is 10.7. The number of fused-ring (bicyclic) bond motifs is 1. The standard InChI is InChI=1S/C16H20F3N9S.HI/c1-20-15(22-4-3-12-27-11(8-29-12)16(17,18)19)23-6-5-21-13-10-7-26-28(2)14(10)25-9-24-13;/h7-9H,3-6H2,1-2H3,(H2,20,22,23)(H,21,24,25);1H. The molecule has 0 aliphatic carbocycles. The van der Waals surface area contributed by atoms with Crippen molar-refractivity contribution in [3.05, 3.63) is 28.6 Å². The zero-order chi connectivity index (χ0) is 20.9. The third kappa shape index (κ3) is 6.13. The Kier molecular flexibility index (Phi) is 8.57. The van der Waals surface area contributed by atoms with Crippen molar-refractivity contribution in [2.75, 3.05) is 32.0 Å². The molecule has 0 saturated carbocycles. The third-order valence-electron chi connectivity index (χ3n) is 3.94. The molecule has 164 valence electrons. The minimum atomic E-state index is -4.40. The molecule has 0 unspecified atom stereocenters. The van der Waals surface area contributed by atoms with E-state index >= 15 is 0 Å². The zero-order valence-electron chi connectivity index (χ0n) is 16.2. The van der Waals surface area contributed by atoms with Gasteiger partial charge in [-0.3, -0.25) is 9.67 Å². The summed E-state index contributed by atoms with van der Waals surface area (Å²) in [6, 6.07) is 0.